The van der Waals surface area contributed by atoms with E-state index in [9.17, 15) is 0 Å². The summed E-state index contributed by atoms with van der Waals surface area (Å²) < 4.78 is 5.34. The van der Waals surface area contributed by atoms with Gasteiger partial charge in [0.2, 0.25) is 0 Å². The van der Waals surface area contributed by atoms with E-state index < -0.39 is 0 Å². The monoisotopic (exact) mass is 462 g/mol. The van der Waals surface area contributed by atoms with E-state index in [1.54, 1.807) is 17.6 Å². The molecule has 0 aromatic carbocycles. The Morgan fingerprint density at radius 2 is 2.04 bits per heavy atom. The van der Waals surface area contributed by atoms with Gasteiger partial charge in [-0.1, -0.05) is 13.8 Å². The van der Waals surface area contributed by atoms with Gasteiger partial charge in [0.25, 0.3) is 0 Å². The minimum Gasteiger partial charge on any atom is -0.469 e. The Morgan fingerprint density at radius 1 is 1.25 bits per heavy atom. The SMILES string of the molecule is CCCN=C(NCCc1ccco1)NCCc1ncc(CC)s1.I. The summed E-state index contributed by atoms with van der Waals surface area (Å²) in [6, 6.07) is 3.91. The second-order valence-corrected chi connectivity index (χ2v) is 6.44. The standard InChI is InChI=1S/C17H26N4OS.HI/c1-3-9-18-17(19-10-7-14-6-5-12-22-14)20-11-8-16-21-13-15(4-2)23-16;/h5-6,12-13H,3-4,7-11H2,1-2H3,(H2,18,19,20);1H. The van der Waals surface area contributed by atoms with E-state index in [0.717, 1.165) is 57.0 Å². The van der Waals surface area contributed by atoms with Crippen molar-refractivity contribution in [2.45, 2.75) is 39.5 Å². The first-order chi connectivity index (χ1) is 11.3. The summed E-state index contributed by atoms with van der Waals surface area (Å²) in [7, 11) is 0. The molecule has 0 spiro atoms. The van der Waals surface area contributed by atoms with Crippen LogP contribution in [0.1, 0.15) is 35.9 Å². The van der Waals surface area contributed by atoms with E-state index in [0.29, 0.717) is 0 Å². The highest BCUT2D eigenvalue weighted by Crippen LogP contribution is 2.13. The van der Waals surface area contributed by atoms with Crippen LogP contribution in [-0.4, -0.2) is 30.6 Å². The van der Waals surface area contributed by atoms with Gasteiger partial charge in [-0.15, -0.1) is 35.3 Å². The second-order valence-electron chi connectivity index (χ2n) is 5.24. The molecule has 2 N–H and O–H groups in total. The molecule has 0 aliphatic heterocycles. The summed E-state index contributed by atoms with van der Waals surface area (Å²) in [5, 5.41) is 7.92. The smallest absolute Gasteiger partial charge is 0.191 e. The predicted octanol–water partition coefficient (Wildman–Crippen LogP) is 3.65. The van der Waals surface area contributed by atoms with Crippen molar-refractivity contribution < 1.29 is 4.42 Å². The zero-order chi connectivity index (χ0) is 16.3. The molecule has 0 fully saturated rings. The molecule has 0 unspecified atom stereocenters. The number of hydrogen-bond acceptors (Lipinski definition) is 4. The van der Waals surface area contributed by atoms with Gasteiger partial charge in [0.1, 0.15) is 5.76 Å². The Morgan fingerprint density at radius 3 is 2.67 bits per heavy atom. The number of hydrogen-bond donors (Lipinski definition) is 2. The minimum atomic E-state index is 0. The van der Waals surface area contributed by atoms with Crippen LogP contribution in [0.4, 0.5) is 0 Å². The van der Waals surface area contributed by atoms with Gasteiger partial charge in [-0.3, -0.25) is 4.99 Å². The van der Waals surface area contributed by atoms with Gasteiger partial charge in [0, 0.05) is 43.5 Å². The van der Waals surface area contributed by atoms with Crippen LogP contribution in [0.15, 0.2) is 34.0 Å². The van der Waals surface area contributed by atoms with Crippen molar-refractivity contribution in [1.29, 1.82) is 0 Å². The van der Waals surface area contributed by atoms with E-state index in [1.165, 1.54) is 9.88 Å². The van der Waals surface area contributed by atoms with Crippen molar-refractivity contribution in [1.82, 2.24) is 15.6 Å². The molecule has 134 valence electrons. The average molecular weight is 462 g/mol. The van der Waals surface area contributed by atoms with Crippen LogP contribution in [0.5, 0.6) is 0 Å². The van der Waals surface area contributed by atoms with Crippen LogP contribution in [0, 0.1) is 0 Å². The Balaban J connectivity index is 0.00000288. The molecule has 5 nitrogen and oxygen atoms in total. The predicted molar refractivity (Wildman–Crippen MR) is 112 cm³/mol. The van der Waals surface area contributed by atoms with Crippen molar-refractivity contribution in [2.75, 3.05) is 19.6 Å². The van der Waals surface area contributed by atoms with Crippen molar-refractivity contribution in [3.05, 3.63) is 40.2 Å². The van der Waals surface area contributed by atoms with E-state index in [4.69, 9.17) is 4.42 Å². The van der Waals surface area contributed by atoms with Crippen LogP contribution in [0.2, 0.25) is 0 Å². The number of thiazole rings is 1. The second kappa shape index (κ2) is 12.3. The topological polar surface area (TPSA) is 62.5 Å². The number of aryl methyl sites for hydroxylation is 1. The molecule has 7 heteroatoms. The number of rotatable bonds is 9. The average Bonchev–Trinajstić information content (AvgIpc) is 3.23. The number of nitrogens with zero attached hydrogens (tertiary/aromatic N) is 2. The molecule has 2 rings (SSSR count). The van der Waals surface area contributed by atoms with Gasteiger partial charge in [0.15, 0.2) is 5.96 Å². The van der Waals surface area contributed by atoms with Crippen molar-refractivity contribution in [3.8, 4) is 0 Å². The molecule has 0 aliphatic rings. The Labute approximate surface area is 165 Å². The van der Waals surface area contributed by atoms with E-state index in [2.05, 4.69) is 34.5 Å². The first kappa shape index (κ1) is 21.0. The van der Waals surface area contributed by atoms with Gasteiger partial charge < -0.3 is 15.1 Å². The molecule has 2 aromatic rings. The third-order valence-electron chi connectivity index (χ3n) is 3.32. The fourth-order valence-corrected chi connectivity index (χ4v) is 2.93. The normalized spacial score (nSPS) is 11.2. The number of furan rings is 1. The summed E-state index contributed by atoms with van der Waals surface area (Å²) in [6.07, 6.45) is 7.56. The van der Waals surface area contributed by atoms with Gasteiger partial charge in [0.05, 0.1) is 11.3 Å². The van der Waals surface area contributed by atoms with Crippen molar-refractivity contribution >= 4 is 41.3 Å². The van der Waals surface area contributed by atoms with Gasteiger partial charge in [-0.25, -0.2) is 4.98 Å². The Bertz CT molecular complexity index is 583. The highest BCUT2D eigenvalue weighted by atomic mass is 127. The number of halogens is 1. The maximum Gasteiger partial charge on any atom is 0.191 e. The maximum absolute atomic E-state index is 5.34. The minimum absolute atomic E-state index is 0. The molecule has 0 radical (unpaired) electrons. The van der Waals surface area contributed by atoms with Crippen LogP contribution in [0.3, 0.4) is 0 Å². The highest BCUT2D eigenvalue weighted by molar-refractivity contribution is 14.0. The highest BCUT2D eigenvalue weighted by Gasteiger charge is 2.03. The Hall–Kier alpha value is -1.09. The van der Waals surface area contributed by atoms with Gasteiger partial charge >= 0.3 is 0 Å². The summed E-state index contributed by atoms with van der Waals surface area (Å²) in [5.74, 6) is 1.85. The largest absolute Gasteiger partial charge is 0.469 e. The van der Waals surface area contributed by atoms with Crippen LogP contribution in [-0.2, 0) is 19.3 Å². The molecule has 0 amide bonds. The van der Waals surface area contributed by atoms with E-state index in [-0.39, 0.29) is 24.0 Å². The van der Waals surface area contributed by atoms with Gasteiger partial charge in [-0.2, -0.15) is 0 Å². The first-order valence-electron chi connectivity index (χ1n) is 8.30. The molecular formula is C17H27IN4OS. The fraction of sp³-hybridized carbons (Fsp3) is 0.529. The van der Waals surface area contributed by atoms with E-state index in [1.807, 2.05) is 18.3 Å². The lowest BCUT2D eigenvalue weighted by atomic mass is 10.3. The van der Waals surface area contributed by atoms with Crippen LogP contribution >= 0.6 is 35.3 Å². The molecule has 2 heterocycles. The molecule has 0 atom stereocenters. The third-order valence-corrected chi connectivity index (χ3v) is 4.52. The molecule has 2 aromatic heterocycles. The zero-order valence-electron chi connectivity index (χ0n) is 14.4. The number of nitrogens with one attached hydrogen (secondary N) is 2. The number of guanidine groups is 1. The molecule has 0 aliphatic carbocycles. The summed E-state index contributed by atoms with van der Waals surface area (Å²) in [6.45, 7) is 6.76. The number of aliphatic imine (C=N–C) groups is 1. The first-order valence-corrected chi connectivity index (χ1v) is 9.11. The zero-order valence-corrected chi connectivity index (χ0v) is 17.5. The maximum atomic E-state index is 5.34. The summed E-state index contributed by atoms with van der Waals surface area (Å²) in [4.78, 5) is 10.4. The lowest BCUT2D eigenvalue weighted by Gasteiger charge is -2.11. The summed E-state index contributed by atoms with van der Waals surface area (Å²) >= 11 is 1.79. The van der Waals surface area contributed by atoms with Crippen molar-refractivity contribution in [2.24, 2.45) is 4.99 Å². The fourth-order valence-electron chi connectivity index (χ4n) is 2.07. The number of aromatic nitrogens is 1. The molecule has 24 heavy (non-hydrogen) atoms. The third kappa shape index (κ3) is 7.65. The molecule has 0 bridgehead atoms. The van der Waals surface area contributed by atoms with E-state index >= 15 is 0 Å². The summed E-state index contributed by atoms with van der Waals surface area (Å²) in [5.41, 5.74) is 0. The van der Waals surface area contributed by atoms with Gasteiger partial charge in [-0.05, 0) is 25.0 Å². The van der Waals surface area contributed by atoms with Crippen LogP contribution < -0.4 is 10.6 Å². The quantitative estimate of drug-likeness (QED) is 0.339. The van der Waals surface area contributed by atoms with Crippen molar-refractivity contribution in [3.63, 3.8) is 0 Å². The molecular weight excluding hydrogens is 435 g/mol. The lowest BCUT2D eigenvalue weighted by molar-refractivity contribution is 0.506. The lowest BCUT2D eigenvalue weighted by Crippen LogP contribution is -2.39. The Kier molecular flexibility index (Phi) is 10.7. The molecule has 0 saturated carbocycles. The van der Waals surface area contributed by atoms with Crippen LogP contribution in [0.25, 0.3) is 0 Å². The molecule has 0 saturated heterocycles.